The molecule has 1 N–H and O–H groups in total. The van der Waals surface area contributed by atoms with Gasteiger partial charge >= 0.3 is 0 Å². The fourth-order valence-corrected chi connectivity index (χ4v) is 2.66. The highest BCUT2D eigenvalue weighted by molar-refractivity contribution is 4.92. The zero-order valence-electron chi connectivity index (χ0n) is 9.45. The van der Waals surface area contributed by atoms with Crippen molar-refractivity contribution in [1.82, 2.24) is 4.90 Å². The Labute approximate surface area is 87.3 Å². The standard InChI is InChI=1S/C12H23NO/c1-9(2)8-13(10-3-4-10)11-5-6-12(14)7-11/h9-12,14H,3-8H2,1-2H3. The van der Waals surface area contributed by atoms with Gasteiger partial charge in [-0.3, -0.25) is 4.90 Å². The molecule has 0 heterocycles. The second-order valence-corrected chi connectivity index (χ2v) is 5.44. The quantitative estimate of drug-likeness (QED) is 0.745. The van der Waals surface area contributed by atoms with Crippen LogP contribution in [0.25, 0.3) is 0 Å². The first-order valence-electron chi connectivity index (χ1n) is 6.10. The van der Waals surface area contributed by atoms with Crippen LogP contribution < -0.4 is 0 Å². The summed E-state index contributed by atoms with van der Waals surface area (Å²) >= 11 is 0. The van der Waals surface area contributed by atoms with Crippen LogP contribution in [0.15, 0.2) is 0 Å². The number of nitrogens with zero attached hydrogens (tertiary/aromatic N) is 1. The lowest BCUT2D eigenvalue weighted by Gasteiger charge is -2.30. The molecule has 2 nitrogen and oxygen atoms in total. The highest BCUT2D eigenvalue weighted by atomic mass is 16.3. The molecule has 2 aliphatic carbocycles. The molecule has 2 heteroatoms. The smallest absolute Gasteiger partial charge is 0.0555 e. The lowest BCUT2D eigenvalue weighted by molar-refractivity contribution is 0.136. The van der Waals surface area contributed by atoms with Crippen LogP contribution >= 0.6 is 0 Å². The highest BCUT2D eigenvalue weighted by Crippen LogP contribution is 2.34. The summed E-state index contributed by atoms with van der Waals surface area (Å²) in [5.74, 6) is 0.758. The van der Waals surface area contributed by atoms with Gasteiger partial charge in [-0.25, -0.2) is 0 Å². The van der Waals surface area contributed by atoms with Crippen molar-refractivity contribution in [3.05, 3.63) is 0 Å². The Kier molecular flexibility index (Phi) is 3.13. The first kappa shape index (κ1) is 10.4. The van der Waals surface area contributed by atoms with Crippen LogP contribution in [0, 0.1) is 5.92 Å². The van der Waals surface area contributed by atoms with Crippen molar-refractivity contribution in [3.63, 3.8) is 0 Å². The van der Waals surface area contributed by atoms with Gasteiger partial charge in [0.25, 0.3) is 0 Å². The third kappa shape index (κ3) is 2.48. The summed E-state index contributed by atoms with van der Waals surface area (Å²) in [5.41, 5.74) is 0. The third-order valence-corrected chi connectivity index (χ3v) is 3.44. The summed E-state index contributed by atoms with van der Waals surface area (Å²) in [4.78, 5) is 2.67. The van der Waals surface area contributed by atoms with Crippen molar-refractivity contribution in [2.45, 2.75) is 64.1 Å². The number of aliphatic hydroxyl groups is 1. The number of hydrogen-bond donors (Lipinski definition) is 1. The summed E-state index contributed by atoms with van der Waals surface area (Å²) in [6, 6.07) is 1.53. The highest BCUT2D eigenvalue weighted by Gasteiger charge is 2.37. The van der Waals surface area contributed by atoms with Crippen LogP contribution in [0.1, 0.15) is 46.0 Å². The molecule has 82 valence electrons. The molecule has 2 unspecified atom stereocenters. The first-order valence-corrected chi connectivity index (χ1v) is 6.10. The van der Waals surface area contributed by atoms with Crippen LogP contribution in [-0.2, 0) is 0 Å². The van der Waals surface area contributed by atoms with E-state index in [0.29, 0.717) is 6.04 Å². The van der Waals surface area contributed by atoms with E-state index in [9.17, 15) is 5.11 Å². The maximum absolute atomic E-state index is 9.56. The molecule has 2 saturated carbocycles. The summed E-state index contributed by atoms with van der Waals surface area (Å²) in [6.07, 6.45) is 6.01. The monoisotopic (exact) mass is 197 g/mol. The van der Waals surface area contributed by atoms with Crippen molar-refractivity contribution >= 4 is 0 Å². The predicted molar refractivity (Wildman–Crippen MR) is 58.2 cm³/mol. The number of hydrogen-bond acceptors (Lipinski definition) is 2. The molecular formula is C12H23NO. The van der Waals surface area contributed by atoms with Gasteiger partial charge in [0, 0.05) is 18.6 Å². The van der Waals surface area contributed by atoms with Crippen LogP contribution in [0.4, 0.5) is 0 Å². The SMILES string of the molecule is CC(C)CN(C1CC1)C1CCC(O)C1. The summed E-state index contributed by atoms with van der Waals surface area (Å²) < 4.78 is 0. The van der Waals surface area contributed by atoms with Crippen molar-refractivity contribution in [3.8, 4) is 0 Å². The van der Waals surface area contributed by atoms with E-state index in [1.807, 2.05) is 0 Å². The minimum atomic E-state index is -0.0200. The molecule has 0 aliphatic heterocycles. The zero-order chi connectivity index (χ0) is 10.1. The Morgan fingerprint density at radius 1 is 1.14 bits per heavy atom. The molecule has 0 aromatic carbocycles. The topological polar surface area (TPSA) is 23.5 Å². The van der Waals surface area contributed by atoms with Gasteiger partial charge in [-0.1, -0.05) is 13.8 Å². The fraction of sp³-hybridized carbons (Fsp3) is 1.00. The summed E-state index contributed by atoms with van der Waals surface area (Å²) in [7, 11) is 0. The minimum absolute atomic E-state index is 0.0200. The van der Waals surface area contributed by atoms with Gasteiger partial charge in [0.1, 0.15) is 0 Å². The first-order chi connectivity index (χ1) is 6.66. The second kappa shape index (κ2) is 4.19. The van der Waals surface area contributed by atoms with Gasteiger partial charge in [-0.05, 0) is 38.0 Å². The molecule has 0 spiro atoms. The van der Waals surface area contributed by atoms with Crippen molar-refractivity contribution < 1.29 is 5.11 Å². The Morgan fingerprint density at radius 3 is 2.21 bits per heavy atom. The molecule has 0 aromatic rings. The molecule has 0 radical (unpaired) electrons. The maximum Gasteiger partial charge on any atom is 0.0555 e. The van der Waals surface area contributed by atoms with Crippen LogP contribution in [0.5, 0.6) is 0 Å². The van der Waals surface area contributed by atoms with E-state index >= 15 is 0 Å². The average Bonchev–Trinajstić information content (AvgIpc) is 2.85. The lowest BCUT2D eigenvalue weighted by Crippen LogP contribution is -2.38. The molecule has 2 atom stereocenters. The molecule has 14 heavy (non-hydrogen) atoms. The fourth-order valence-electron chi connectivity index (χ4n) is 2.66. The van der Waals surface area contributed by atoms with Crippen LogP contribution in [-0.4, -0.2) is 34.7 Å². The molecular weight excluding hydrogens is 174 g/mol. The second-order valence-electron chi connectivity index (χ2n) is 5.44. The molecule has 0 saturated heterocycles. The van der Waals surface area contributed by atoms with E-state index in [1.54, 1.807) is 0 Å². The third-order valence-electron chi connectivity index (χ3n) is 3.44. The van der Waals surface area contributed by atoms with E-state index in [4.69, 9.17) is 0 Å². The van der Waals surface area contributed by atoms with Gasteiger partial charge in [-0.2, -0.15) is 0 Å². The van der Waals surface area contributed by atoms with Crippen LogP contribution in [0.2, 0.25) is 0 Å². The van der Waals surface area contributed by atoms with E-state index in [1.165, 1.54) is 25.8 Å². The Morgan fingerprint density at radius 2 is 1.79 bits per heavy atom. The van der Waals surface area contributed by atoms with Gasteiger partial charge in [0.2, 0.25) is 0 Å². The minimum Gasteiger partial charge on any atom is -0.393 e. The van der Waals surface area contributed by atoms with E-state index in [0.717, 1.165) is 24.8 Å². The molecule has 2 rings (SSSR count). The molecule has 0 aromatic heterocycles. The Hall–Kier alpha value is -0.0800. The molecule has 0 bridgehead atoms. The number of rotatable bonds is 4. The molecule has 2 fully saturated rings. The van der Waals surface area contributed by atoms with E-state index in [2.05, 4.69) is 18.7 Å². The lowest BCUT2D eigenvalue weighted by atomic mass is 10.1. The van der Waals surface area contributed by atoms with Crippen molar-refractivity contribution in [2.24, 2.45) is 5.92 Å². The summed E-state index contributed by atoms with van der Waals surface area (Å²) in [6.45, 7) is 5.81. The van der Waals surface area contributed by atoms with Gasteiger partial charge in [0.15, 0.2) is 0 Å². The molecule has 0 amide bonds. The predicted octanol–water partition coefficient (Wildman–Crippen LogP) is 2.02. The Bertz CT molecular complexity index is 189. The molecule has 2 aliphatic rings. The maximum atomic E-state index is 9.56. The summed E-state index contributed by atoms with van der Waals surface area (Å²) in [5, 5.41) is 9.56. The Balaban J connectivity index is 1.89. The van der Waals surface area contributed by atoms with E-state index < -0.39 is 0 Å². The average molecular weight is 197 g/mol. The zero-order valence-corrected chi connectivity index (χ0v) is 9.45. The van der Waals surface area contributed by atoms with Gasteiger partial charge in [-0.15, -0.1) is 0 Å². The number of aliphatic hydroxyl groups excluding tert-OH is 1. The largest absolute Gasteiger partial charge is 0.393 e. The van der Waals surface area contributed by atoms with Crippen molar-refractivity contribution in [2.75, 3.05) is 6.54 Å². The van der Waals surface area contributed by atoms with Crippen molar-refractivity contribution in [1.29, 1.82) is 0 Å². The van der Waals surface area contributed by atoms with Gasteiger partial charge in [0.05, 0.1) is 6.10 Å². The van der Waals surface area contributed by atoms with Gasteiger partial charge < -0.3 is 5.11 Å². The van der Waals surface area contributed by atoms with E-state index in [-0.39, 0.29) is 6.10 Å². The van der Waals surface area contributed by atoms with Crippen LogP contribution in [0.3, 0.4) is 0 Å². The normalized spacial score (nSPS) is 33.2.